The van der Waals surface area contributed by atoms with E-state index < -0.39 is 11.9 Å². The highest BCUT2D eigenvalue weighted by atomic mass is 35.5. The van der Waals surface area contributed by atoms with Gasteiger partial charge in [-0.05, 0) is 12.1 Å². The molecule has 0 saturated carbocycles. The van der Waals surface area contributed by atoms with Crippen molar-refractivity contribution in [2.45, 2.75) is 6.54 Å². The topological polar surface area (TPSA) is 83.4 Å². The van der Waals surface area contributed by atoms with Crippen LogP contribution in [0.5, 0.6) is 0 Å². The molecule has 0 fully saturated rings. The van der Waals surface area contributed by atoms with Gasteiger partial charge in [0, 0.05) is 0 Å². The molecule has 0 unspecified atom stereocenters. The fourth-order valence-electron chi connectivity index (χ4n) is 0.785. The number of carbonyl (C=O) groups is 2. The van der Waals surface area contributed by atoms with E-state index in [1.807, 2.05) is 0 Å². The number of nitrogens with one attached hydrogen (secondary N) is 3. The minimum absolute atomic E-state index is 0.210. The van der Waals surface area contributed by atoms with Gasteiger partial charge in [-0.25, -0.2) is 10.2 Å². The number of urea groups is 1. The molecule has 1 aromatic heterocycles. The van der Waals surface area contributed by atoms with Crippen LogP contribution in [0.15, 0.2) is 22.8 Å². The zero-order valence-electron chi connectivity index (χ0n) is 7.75. The number of alkyl halides is 1. The Morgan fingerprint density at radius 1 is 1.40 bits per heavy atom. The van der Waals surface area contributed by atoms with Crippen molar-refractivity contribution in [1.82, 2.24) is 16.2 Å². The third-order valence-corrected chi connectivity index (χ3v) is 1.68. The first kappa shape index (κ1) is 11.4. The van der Waals surface area contributed by atoms with E-state index in [2.05, 4.69) is 16.2 Å². The van der Waals surface area contributed by atoms with Crippen LogP contribution in [0.1, 0.15) is 5.76 Å². The predicted molar refractivity (Wildman–Crippen MR) is 52.9 cm³/mol. The molecular weight excluding hydrogens is 222 g/mol. The molecule has 0 saturated heterocycles. The lowest BCUT2D eigenvalue weighted by atomic mass is 10.4. The number of halogens is 1. The number of carbonyl (C=O) groups excluding carboxylic acids is 2. The van der Waals surface area contributed by atoms with Crippen LogP contribution in [-0.4, -0.2) is 17.8 Å². The molecule has 7 heteroatoms. The first-order chi connectivity index (χ1) is 7.22. The fraction of sp³-hybridized carbons (Fsp3) is 0.250. The van der Waals surface area contributed by atoms with Crippen LogP contribution in [0, 0.1) is 0 Å². The van der Waals surface area contributed by atoms with Crippen molar-refractivity contribution < 1.29 is 14.0 Å². The molecule has 3 amide bonds. The van der Waals surface area contributed by atoms with Crippen LogP contribution < -0.4 is 16.2 Å². The van der Waals surface area contributed by atoms with Crippen molar-refractivity contribution in [1.29, 1.82) is 0 Å². The van der Waals surface area contributed by atoms with E-state index in [1.54, 1.807) is 12.1 Å². The molecule has 3 N–H and O–H groups in total. The van der Waals surface area contributed by atoms with Gasteiger partial charge >= 0.3 is 6.03 Å². The lowest BCUT2D eigenvalue weighted by Gasteiger charge is -2.06. The second-order valence-electron chi connectivity index (χ2n) is 2.57. The summed E-state index contributed by atoms with van der Waals surface area (Å²) < 4.78 is 4.98. The fourth-order valence-corrected chi connectivity index (χ4v) is 0.851. The Kier molecular flexibility index (Phi) is 4.49. The summed E-state index contributed by atoms with van der Waals surface area (Å²) in [6, 6.07) is 2.90. The highest BCUT2D eigenvalue weighted by molar-refractivity contribution is 6.27. The Labute approximate surface area is 90.9 Å². The molecule has 0 aliphatic heterocycles. The maximum Gasteiger partial charge on any atom is 0.333 e. The third kappa shape index (κ3) is 4.37. The molecule has 0 aliphatic rings. The summed E-state index contributed by atoms with van der Waals surface area (Å²) in [4.78, 5) is 21.7. The minimum Gasteiger partial charge on any atom is -0.467 e. The molecule has 0 aliphatic carbocycles. The molecular formula is C8H10ClN3O3. The Bertz CT molecular complexity index is 326. The first-order valence-electron chi connectivity index (χ1n) is 4.13. The predicted octanol–water partition coefficient (Wildman–Crippen LogP) is 0.349. The lowest BCUT2D eigenvalue weighted by molar-refractivity contribution is -0.119. The monoisotopic (exact) mass is 231 g/mol. The molecule has 6 nitrogen and oxygen atoms in total. The summed E-state index contributed by atoms with van der Waals surface area (Å²) >= 11 is 5.19. The quantitative estimate of drug-likeness (QED) is 0.519. The van der Waals surface area contributed by atoms with Crippen molar-refractivity contribution in [2.24, 2.45) is 0 Å². The zero-order chi connectivity index (χ0) is 11.1. The van der Waals surface area contributed by atoms with E-state index in [9.17, 15) is 9.59 Å². The van der Waals surface area contributed by atoms with Gasteiger partial charge in [-0.1, -0.05) is 0 Å². The Balaban J connectivity index is 2.16. The number of amides is 3. The molecule has 0 spiro atoms. The van der Waals surface area contributed by atoms with Crippen molar-refractivity contribution in [2.75, 3.05) is 5.88 Å². The van der Waals surface area contributed by atoms with Gasteiger partial charge in [0.05, 0.1) is 12.8 Å². The summed E-state index contributed by atoms with van der Waals surface area (Å²) in [5.74, 6) is -0.0722. The maximum absolute atomic E-state index is 11.0. The van der Waals surface area contributed by atoms with Gasteiger partial charge in [0.25, 0.3) is 5.91 Å². The van der Waals surface area contributed by atoms with Gasteiger partial charge in [0.1, 0.15) is 11.6 Å². The smallest absolute Gasteiger partial charge is 0.333 e. The molecule has 0 aromatic carbocycles. The highest BCUT2D eigenvalue weighted by Gasteiger charge is 2.03. The number of hydrogen-bond donors (Lipinski definition) is 3. The zero-order valence-corrected chi connectivity index (χ0v) is 8.50. The van der Waals surface area contributed by atoms with Crippen molar-refractivity contribution in [3.8, 4) is 0 Å². The third-order valence-electron chi connectivity index (χ3n) is 1.44. The Hall–Kier alpha value is -1.69. The van der Waals surface area contributed by atoms with E-state index >= 15 is 0 Å². The van der Waals surface area contributed by atoms with Crippen LogP contribution in [0.4, 0.5) is 4.79 Å². The van der Waals surface area contributed by atoms with Crippen LogP contribution in [0.25, 0.3) is 0 Å². The van der Waals surface area contributed by atoms with E-state index in [0.717, 1.165) is 0 Å². The van der Waals surface area contributed by atoms with Crippen LogP contribution in [0.3, 0.4) is 0 Å². The summed E-state index contributed by atoms with van der Waals surface area (Å²) in [7, 11) is 0. The molecule has 15 heavy (non-hydrogen) atoms. The molecule has 1 heterocycles. The molecule has 82 valence electrons. The minimum atomic E-state index is -0.537. The second kappa shape index (κ2) is 5.92. The number of rotatable bonds is 3. The number of furan rings is 1. The van der Waals surface area contributed by atoms with Gasteiger partial charge in [0.15, 0.2) is 0 Å². The molecule has 0 atom stereocenters. The highest BCUT2D eigenvalue weighted by Crippen LogP contribution is 1.97. The summed E-state index contributed by atoms with van der Waals surface area (Å²) in [6.07, 6.45) is 1.50. The van der Waals surface area contributed by atoms with Gasteiger partial charge < -0.3 is 9.73 Å². The largest absolute Gasteiger partial charge is 0.467 e. The summed E-state index contributed by atoms with van der Waals surface area (Å²) in [5.41, 5.74) is 4.22. The summed E-state index contributed by atoms with van der Waals surface area (Å²) in [5, 5.41) is 2.46. The van der Waals surface area contributed by atoms with E-state index in [-0.39, 0.29) is 12.4 Å². The number of hydrazine groups is 1. The normalized spacial score (nSPS) is 9.40. The summed E-state index contributed by atoms with van der Waals surface area (Å²) in [6.45, 7) is 0.246. The molecule has 1 aromatic rings. The lowest BCUT2D eigenvalue weighted by Crippen LogP contribution is -2.47. The van der Waals surface area contributed by atoms with Crippen LogP contribution >= 0.6 is 11.6 Å². The van der Waals surface area contributed by atoms with E-state index in [0.29, 0.717) is 5.76 Å². The average molecular weight is 232 g/mol. The van der Waals surface area contributed by atoms with Gasteiger partial charge in [-0.2, -0.15) is 0 Å². The number of hydrogen-bond acceptors (Lipinski definition) is 3. The maximum atomic E-state index is 11.0. The Morgan fingerprint density at radius 2 is 2.20 bits per heavy atom. The van der Waals surface area contributed by atoms with Gasteiger partial charge in [-0.3, -0.25) is 10.2 Å². The van der Waals surface area contributed by atoms with Gasteiger partial charge in [-0.15, -0.1) is 11.6 Å². The van der Waals surface area contributed by atoms with E-state index in [1.165, 1.54) is 6.26 Å². The second-order valence-corrected chi connectivity index (χ2v) is 2.84. The van der Waals surface area contributed by atoms with Crippen molar-refractivity contribution in [3.05, 3.63) is 24.2 Å². The average Bonchev–Trinajstić information content (AvgIpc) is 2.75. The molecule has 0 radical (unpaired) electrons. The van der Waals surface area contributed by atoms with Crippen molar-refractivity contribution in [3.63, 3.8) is 0 Å². The van der Waals surface area contributed by atoms with Crippen molar-refractivity contribution >= 4 is 23.5 Å². The first-order valence-corrected chi connectivity index (χ1v) is 4.67. The van der Waals surface area contributed by atoms with Gasteiger partial charge in [0.2, 0.25) is 0 Å². The Morgan fingerprint density at radius 3 is 2.80 bits per heavy atom. The van der Waals surface area contributed by atoms with E-state index in [4.69, 9.17) is 16.0 Å². The molecule has 1 rings (SSSR count). The SMILES string of the molecule is O=C(CCl)NNC(=O)NCc1ccco1. The van der Waals surface area contributed by atoms with Crippen LogP contribution in [-0.2, 0) is 11.3 Å². The standard InChI is InChI=1S/C8H10ClN3O3/c9-4-7(13)11-12-8(14)10-5-6-2-1-3-15-6/h1-3H,4-5H2,(H,11,13)(H2,10,12,14). The van der Waals surface area contributed by atoms with Crippen LogP contribution in [0.2, 0.25) is 0 Å². The molecule has 0 bridgehead atoms.